The largest absolute Gasteiger partial charge is 0.314 e. The van der Waals surface area contributed by atoms with Crippen molar-refractivity contribution in [2.75, 3.05) is 19.3 Å². The van der Waals surface area contributed by atoms with Crippen LogP contribution < -0.4 is 5.32 Å². The predicted octanol–water partition coefficient (Wildman–Crippen LogP) is -0.269. The molecule has 2 atom stereocenters. The molecule has 1 aliphatic heterocycles. The van der Waals surface area contributed by atoms with Gasteiger partial charge in [-0.15, -0.1) is 0 Å². The monoisotopic (exact) mass is 181 g/mol. The zero-order chi connectivity index (χ0) is 8.48. The highest BCUT2D eigenvalue weighted by atomic mass is 32.2. The van der Waals surface area contributed by atoms with E-state index < -0.39 is 21.3 Å². The van der Waals surface area contributed by atoms with Crippen molar-refractivity contribution >= 4 is 9.84 Å². The Balaban J connectivity index is 2.70. The SMILES string of the molecule is CS(=O)(=O)[C@@H]1CCNCC1F. The molecule has 0 saturated carbocycles. The maximum atomic E-state index is 12.9. The van der Waals surface area contributed by atoms with Crippen LogP contribution in [0, 0.1) is 0 Å². The molecule has 1 saturated heterocycles. The Kier molecular flexibility index (Phi) is 2.49. The van der Waals surface area contributed by atoms with Gasteiger partial charge in [-0.2, -0.15) is 0 Å². The Hall–Kier alpha value is -0.160. The summed E-state index contributed by atoms with van der Waals surface area (Å²) in [5, 5.41) is 2.01. The molecule has 1 unspecified atom stereocenters. The molecule has 1 heterocycles. The van der Waals surface area contributed by atoms with Crippen molar-refractivity contribution < 1.29 is 12.8 Å². The quantitative estimate of drug-likeness (QED) is 0.605. The highest BCUT2D eigenvalue weighted by Gasteiger charge is 2.32. The lowest BCUT2D eigenvalue weighted by Crippen LogP contribution is -2.45. The number of rotatable bonds is 1. The van der Waals surface area contributed by atoms with Crippen molar-refractivity contribution in [2.24, 2.45) is 0 Å². The van der Waals surface area contributed by atoms with Crippen LogP contribution in [0.2, 0.25) is 0 Å². The van der Waals surface area contributed by atoms with Gasteiger partial charge in [-0.1, -0.05) is 0 Å². The maximum absolute atomic E-state index is 12.9. The highest BCUT2D eigenvalue weighted by molar-refractivity contribution is 7.91. The van der Waals surface area contributed by atoms with Crippen molar-refractivity contribution in [3.63, 3.8) is 0 Å². The summed E-state index contributed by atoms with van der Waals surface area (Å²) in [7, 11) is -3.19. The Morgan fingerprint density at radius 3 is 2.55 bits per heavy atom. The third-order valence-corrected chi connectivity index (χ3v) is 3.53. The van der Waals surface area contributed by atoms with Crippen LogP contribution in [0.4, 0.5) is 4.39 Å². The normalized spacial score (nSPS) is 33.6. The third kappa shape index (κ3) is 2.13. The van der Waals surface area contributed by atoms with E-state index in [4.69, 9.17) is 0 Å². The van der Waals surface area contributed by atoms with Gasteiger partial charge < -0.3 is 5.32 Å². The molecule has 0 spiro atoms. The third-order valence-electron chi connectivity index (χ3n) is 1.90. The number of sulfone groups is 1. The molecule has 3 nitrogen and oxygen atoms in total. The number of piperidine rings is 1. The smallest absolute Gasteiger partial charge is 0.153 e. The summed E-state index contributed by atoms with van der Waals surface area (Å²) < 4.78 is 34.8. The topological polar surface area (TPSA) is 46.2 Å². The van der Waals surface area contributed by atoms with Crippen LogP contribution in [0.3, 0.4) is 0 Å². The summed E-state index contributed by atoms with van der Waals surface area (Å²) in [6.07, 6.45) is 0.244. The summed E-state index contributed by atoms with van der Waals surface area (Å²) in [6, 6.07) is 0. The predicted molar refractivity (Wildman–Crippen MR) is 41.0 cm³/mol. The first-order valence-electron chi connectivity index (χ1n) is 3.55. The van der Waals surface area contributed by atoms with Crippen LogP contribution in [-0.4, -0.2) is 39.2 Å². The molecule has 0 bridgehead atoms. The van der Waals surface area contributed by atoms with E-state index in [0.717, 1.165) is 6.26 Å². The molecule has 0 aromatic carbocycles. The standard InChI is InChI=1S/C6H12FNO2S/c1-11(9,10)6-2-3-8-4-5(6)7/h5-6,8H,2-4H2,1H3/t5?,6-/m1/s1. The van der Waals surface area contributed by atoms with Gasteiger partial charge in [-0.05, 0) is 13.0 Å². The Morgan fingerprint density at radius 1 is 1.55 bits per heavy atom. The van der Waals surface area contributed by atoms with E-state index in [1.54, 1.807) is 0 Å². The van der Waals surface area contributed by atoms with Crippen molar-refractivity contribution in [2.45, 2.75) is 17.8 Å². The first kappa shape index (κ1) is 8.93. The van der Waals surface area contributed by atoms with Crippen LogP contribution >= 0.6 is 0 Å². The Bertz CT molecular complexity index is 227. The van der Waals surface area contributed by atoms with Crippen LogP contribution in [0.25, 0.3) is 0 Å². The summed E-state index contributed by atoms with van der Waals surface area (Å²) in [6.45, 7) is 0.760. The number of hydrogen-bond acceptors (Lipinski definition) is 3. The van der Waals surface area contributed by atoms with E-state index in [1.807, 2.05) is 0 Å². The first-order chi connectivity index (χ1) is 5.02. The van der Waals surface area contributed by atoms with Gasteiger partial charge in [0.25, 0.3) is 0 Å². The van der Waals surface area contributed by atoms with Gasteiger partial charge in [0.15, 0.2) is 9.84 Å². The van der Waals surface area contributed by atoms with Gasteiger partial charge in [0.2, 0.25) is 0 Å². The van der Waals surface area contributed by atoms with Crippen LogP contribution in [-0.2, 0) is 9.84 Å². The molecule has 0 radical (unpaired) electrons. The Morgan fingerprint density at radius 2 is 2.18 bits per heavy atom. The van der Waals surface area contributed by atoms with Crippen molar-refractivity contribution in [3.8, 4) is 0 Å². The number of alkyl halides is 1. The lowest BCUT2D eigenvalue weighted by atomic mass is 10.1. The van der Waals surface area contributed by atoms with E-state index in [9.17, 15) is 12.8 Å². The number of hydrogen-bond donors (Lipinski definition) is 1. The first-order valence-corrected chi connectivity index (χ1v) is 5.51. The van der Waals surface area contributed by atoms with Gasteiger partial charge in [-0.25, -0.2) is 12.8 Å². The molecule has 1 N–H and O–H groups in total. The summed E-state index contributed by atoms with van der Waals surface area (Å²) in [4.78, 5) is 0. The second kappa shape index (κ2) is 3.06. The molecule has 1 aliphatic rings. The lowest BCUT2D eigenvalue weighted by molar-refractivity contribution is 0.268. The van der Waals surface area contributed by atoms with Crippen LogP contribution in [0.1, 0.15) is 6.42 Å². The zero-order valence-corrected chi connectivity index (χ0v) is 7.20. The molecule has 66 valence electrons. The van der Waals surface area contributed by atoms with Crippen LogP contribution in [0.5, 0.6) is 0 Å². The number of halogens is 1. The van der Waals surface area contributed by atoms with E-state index in [1.165, 1.54) is 0 Å². The van der Waals surface area contributed by atoms with E-state index >= 15 is 0 Å². The highest BCUT2D eigenvalue weighted by Crippen LogP contribution is 2.15. The fraction of sp³-hybridized carbons (Fsp3) is 1.00. The fourth-order valence-corrected chi connectivity index (χ4v) is 2.46. The van der Waals surface area contributed by atoms with Gasteiger partial charge in [0.05, 0.1) is 5.25 Å². The molecule has 5 heteroatoms. The molecular formula is C6H12FNO2S. The van der Waals surface area contributed by atoms with Crippen molar-refractivity contribution in [3.05, 3.63) is 0 Å². The minimum absolute atomic E-state index is 0.164. The molecule has 0 aliphatic carbocycles. The summed E-state index contributed by atoms with van der Waals surface area (Å²) >= 11 is 0. The van der Waals surface area contributed by atoms with Gasteiger partial charge in [-0.3, -0.25) is 0 Å². The summed E-state index contributed by atoms with van der Waals surface area (Å²) in [5.74, 6) is 0. The molecular weight excluding hydrogens is 169 g/mol. The second-order valence-electron chi connectivity index (χ2n) is 2.88. The minimum atomic E-state index is -3.19. The second-order valence-corrected chi connectivity index (χ2v) is 5.14. The molecule has 11 heavy (non-hydrogen) atoms. The van der Waals surface area contributed by atoms with Gasteiger partial charge in [0, 0.05) is 12.8 Å². The van der Waals surface area contributed by atoms with E-state index in [-0.39, 0.29) is 6.54 Å². The average molecular weight is 181 g/mol. The maximum Gasteiger partial charge on any atom is 0.153 e. The molecule has 1 rings (SSSR count). The number of nitrogens with one attached hydrogen (secondary N) is 1. The van der Waals surface area contributed by atoms with Crippen LogP contribution in [0.15, 0.2) is 0 Å². The van der Waals surface area contributed by atoms with Crippen molar-refractivity contribution in [1.29, 1.82) is 0 Å². The average Bonchev–Trinajstić information content (AvgIpc) is 1.86. The molecule has 1 fully saturated rings. The zero-order valence-electron chi connectivity index (χ0n) is 6.38. The fourth-order valence-electron chi connectivity index (χ4n) is 1.28. The Labute approximate surface area is 65.9 Å². The van der Waals surface area contributed by atoms with Crippen molar-refractivity contribution in [1.82, 2.24) is 5.32 Å². The summed E-state index contributed by atoms with van der Waals surface area (Å²) in [5.41, 5.74) is 0. The molecule has 0 aromatic rings. The molecule has 0 amide bonds. The lowest BCUT2D eigenvalue weighted by Gasteiger charge is -2.24. The minimum Gasteiger partial charge on any atom is -0.314 e. The molecule has 0 aromatic heterocycles. The van der Waals surface area contributed by atoms with E-state index in [0.29, 0.717) is 13.0 Å². The van der Waals surface area contributed by atoms with Gasteiger partial charge in [0.1, 0.15) is 6.17 Å². The van der Waals surface area contributed by atoms with E-state index in [2.05, 4.69) is 5.32 Å². The van der Waals surface area contributed by atoms with Gasteiger partial charge >= 0.3 is 0 Å².